The molecule has 0 unspecified atom stereocenters. The predicted molar refractivity (Wildman–Crippen MR) is 54.3 cm³/mol. The first-order valence-electron chi connectivity index (χ1n) is 4.11. The van der Waals surface area contributed by atoms with E-state index in [1.807, 2.05) is 0 Å². The summed E-state index contributed by atoms with van der Waals surface area (Å²) in [7, 11) is -3.31. The second kappa shape index (κ2) is 4.47. The average molecular weight is 261 g/mol. The minimum absolute atomic E-state index is 0.505. The number of hydrogen-bond donors (Lipinski definition) is 1. The smallest absolute Gasteiger partial charge is 0.335 e. The van der Waals surface area contributed by atoms with Crippen molar-refractivity contribution in [3.05, 3.63) is 33.9 Å². The van der Waals surface area contributed by atoms with Gasteiger partial charge in [-0.05, 0) is 6.07 Å². The Balaban J connectivity index is 3.53. The lowest BCUT2D eigenvalue weighted by Crippen LogP contribution is -2.06. The Morgan fingerprint density at radius 1 is 1.41 bits per heavy atom. The van der Waals surface area contributed by atoms with E-state index in [9.17, 15) is 23.3 Å². The van der Waals surface area contributed by atoms with E-state index in [-0.39, 0.29) is 0 Å². The van der Waals surface area contributed by atoms with Gasteiger partial charge in [-0.1, -0.05) is 0 Å². The number of nitro groups is 1. The number of aromatic carboxylic acids is 1. The molecule has 0 spiro atoms. The van der Waals surface area contributed by atoms with Crippen molar-refractivity contribution in [1.82, 2.24) is 0 Å². The number of carboxylic acids is 1. The van der Waals surface area contributed by atoms with E-state index in [1.54, 1.807) is 0 Å². The molecule has 0 heterocycles. The zero-order chi connectivity index (χ0) is 13.2. The van der Waals surface area contributed by atoms with Crippen molar-refractivity contribution in [2.24, 2.45) is 0 Å². The highest BCUT2D eigenvalue weighted by atomic mass is 32.2. The van der Waals surface area contributed by atoms with Crippen LogP contribution in [0.3, 0.4) is 0 Å². The van der Waals surface area contributed by atoms with E-state index >= 15 is 0 Å². The maximum atomic E-state index is 11.3. The summed E-state index contributed by atoms with van der Waals surface area (Å²) >= 11 is 0. The van der Waals surface area contributed by atoms with Crippen molar-refractivity contribution >= 4 is 21.8 Å². The van der Waals surface area contributed by atoms with Gasteiger partial charge in [0.05, 0.1) is 17.6 Å². The number of non-ortho nitro benzene ring substituents is 1. The van der Waals surface area contributed by atoms with Gasteiger partial charge in [0.2, 0.25) is 0 Å². The molecule has 1 aromatic carbocycles. The minimum Gasteiger partial charge on any atom is -0.478 e. The predicted octanol–water partition coefficient (Wildman–Crippen LogP) is 0.628. The Morgan fingerprint density at radius 2 is 2.00 bits per heavy atom. The van der Waals surface area contributed by atoms with Crippen LogP contribution >= 0.6 is 0 Å². The summed E-state index contributed by atoms with van der Waals surface area (Å²) in [5.41, 5.74) is -1.14. The van der Waals surface area contributed by atoms with Crippen LogP contribution in [0.5, 0.6) is 0 Å². The van der Waals surface area contributed by atoms with Gasteiger partial charge in [0.15, 0.2) is 0 Å². The SMILES string of the molecule is COS(=O)(=O)c1cc(C(=O)O)cc([N+](=O)[O-])c1. The molecule has 0 amide bonds. The van der Waals surface area contributed by atoms with E-state index < -0.39 is 37.2 Å². The van der Waals surface area contributed by atoms with Crippen LogP contribution in [0.15, 0.2) is 23.1 Å². The molecular formula is C8H7NO7S. The van der Waals surface area contributed by atoms with Gasteiger partial charge in [-0.3, -0.25) is 14.3 Å². The third-order valence-electron chi connectivity index (χ3n) is 1.86. The lowest BCUT2D eigenvalue weighted by Gasteiger charge is -2.02. The molecule has 0 aromatic heterocycles. The zero-order valence-corrected chi connectivity index (χ0v) is 9.30. The van der Waals surface area contributed by atoms with Gasteiger partial charge in [-0.25, -0.2) is 4.79 Å². The van der Waals surface area contributed by atoms with Gasteiger partial charge in [-0.2, -0.15) is 8.42 Å². The third-order valence-corrected chi connectivity index (χ3v) is 3.11. The van der Waals surface area contributed by atoms with Crippen molar-refractivity contribution in [1.29, 1.82) is 0 Å². The Hall–Kier alpha value is -2.00. The summed E-state index contributed by atoms with van der Waals surface area (Å²) in [4.78, 5) is 19.7. The summed E-state index contributed by atoms with van der Waals surface area (Å²) in [6, 6.07) is 2.27. The van der Waals surface area contributed by atoms with E-state index in [0.29, 0.717) is 0 Å². The molecule has 0 fully saturated rings. The van der Waals surface area contributed by atoms with E-state index in [1.165, 1.54) is 0 Å². The molecule has 0 aliphatic heterocycles. The molecule has 0 bridgehead atoms. The number of nitrogens with zero attached hydrogens (tertiary/aromatic N) is 1. The van der Waals surface area contributed by atoms with Crippen LogP contribution in [0.1, 0.15) is 10.4 Å². The highest BCUT2D eigenvalue weighted by Gasteiger charge is 2.21. The van der Waals surface area contributed by atoms with Gasteiger partial charge in [0, 0.05) is 12.1 Å². The maximum Gasteiger partial charge on any atom is 0.335 e. The van der Waals surface area contributed by atoms with Crippen LogP contribution in [0.25, 0.3) is 0 Å². The Morgan fingerprint density at radius 3 is 2.41 bits per heavy atom. The van der Waals surface area contributed by atoms with E-state index in [0.717, 1.165) is 25.3 Å². The highest BCUT2D eigenvalue weighted by Crippen LogP contribution is 2.21. The number of carboxylic acid groups (broad SMARTS) is 1. The third kappa shape index (κ3) is 2.77. The molecule has 0 saturated heterocycles. The molecule has 1 aromatic rings. The Labute approximate surface area is 95.7 Å². The summed E-state index contributed by atoms with van der Waals surface area (Å²) in [6.45, 7) is 0. The van der Waals surface area contributed by atoms with Crippen LogP contribution in [-0.4, -0.2) is 31.5 Å². The molecule has 1 rings (SSSR count). The molecule has 0 saturated carbocycles. The Kier molecular flexibility index (Phi) is 3.44. The second-order valence-electron chi connectivity index (χ2n) is 2.90. The number of nitro benzene ring substituents is 1. The zero-order valence-electron chi connectivity index (χ0n) is 8.48. The fourth-order valence-electron chi connectivity index (χ4n) is 1.05. The number of benzene rings is 1. The molecule has 8 nitrogen and oxygen atoms in total. The van der Waals surface area contributed by atoms with E-state index in [4.69, 9.17) is 5.11 Å². The number of carbonyl (C=O) groups is 1. The molecule has 0 aliphatic rings. The molecule has 0 aliphatic carbocycles. The summed E-state index contributed by atoms with van der Waals surface area (Å²) in [5.74, 6) is -1.47. The molecule has 0 atom stereocenters. The average Bonchev–Trinajstić information content (AvgIpc) is 2.28. The standard InChI is InChI=1S/C8H7NO7S/c1-16-17(14,15)7-3-5(8(10)11)2-6(4-7)9(12)13/h2-4H,1H3,(H,10,11). The number of hydrogen-bond acceptors (Lipinski definition) is 6. The van der Waals surface area contributed by atoms with Gasteiger partial charge in [0.25, 0.3) is 15.8 Å². The maximum absolute atomic E-state index is 11.3. The van der Waals surface area contributed by atoms with Gasteiger partial charge >= 0.3 is 5.97 Å². The van der Waals surface area contributed by atoms with Crippen LogP contribution in [0.2, 0.25) is 0 Å². The highest BCUT2D eigenvalue weighted by molar-refractivity contribution is 7.86. The monoisotopic (exact) mass is 261 g/mol. The molecule has 17 heavy (non-hydrogen) atoms. The molecular weight excluding hydrogens is 254 g/mol. The first kappa shape index (κ1) is 13.1. The van der Waals surface area contributed by atoms with Crippen molar-refractivity contribution in [3.63, 3.8) is 0 Å². The number of rotatable bonds is 4. The fraction of sp³-hybridized carbons (Fsp3) is 0.125. The topological polar surface area (TPSA) is 124 Å². The molecule has 1 N–H and O–H groups in total. The summed E-state index contributed by atoms with van der Waals surface area (Å²) in [6.07, 6.45) is 0. The quantitative estimate of drug-likeness (QED) is 0.478. The van der Waals surface area contributed by atoms with Crippen molar-refractivity contribution < 1.29 is 27.4 Å². The lowest BCUT2D eigenvalue weighted by atomic mass is 10.2. The van der Waals surface area contributed by atoms with E-state index in [2.05, 4.69) is 4.18 Å². The van der Waals surface area contributed by atoms with Gasteiger partial charge < -0.3 is 5.11 Å². The Bertz CT molecular complexity index is 545. The molecule has 0 radical (unpaired) electrons. The first-order chi connectivity index (χ1) is 7.77. The van der Waals surface area contributed by atoms with Crippen LogP contribution in [0, 0.1) is 10.1 Å². The minimum atomic E-state index is -4.18. The summed E-state index contributed by atoms with van der Waals surface area (Å²) in [5, 5.41) is 19.2. The largest absolute Gasteiger partial charge is 0.478 e. The van der Waals surface area contributed by atoms with Crippen LogP contribution < -0.4 is 0 Å². The van der Waals surface area contributed by atoms with Crippen molar-refractivity contribution in [3.8, 4) is 0 Å². The molecule has 9 heteroatoms. The first-order valence-corrected chi connectivity index (χ1v) is 5.52. The lowest BCUT2D eigenvalue weighted by molar-refractivity contribution is -0.385. The van der Waals surface area contributed by atoms with Crippen molar-refractivity contribution in [2.75, 3.05) is 7.11 Å². The van der Waals surface area contributed by atoms with Gasteiger partial charge in [-0.15, -0.1) is 0 Å². The normalized spacial score (nSPS) is 11.1. The van der Waals surface area contributed by atoms with Crippen LogP contribution in [-0.2, 0) is 14.3 Å². The second-order valence-corrected chi connectivity index (χ2v) is 4.61. The van der Waals surface area contributed by atoms with Crippen LogP contribution in [0.4, 0.5) is 5.69 Å². The van der Waals surface area contributed by atoms with Crippen molar-refractivity contribution in [2.45, 2.75) is 4.90 Å². The summed E-state index contributed by atoms with van der Waals surface area (Å²) < 4.78 is 26.8. The van der Waals surface area contributed by atoms with Gasteiger partial charge in [0.1, 0.15) is 4.90 Å². The fourth-order valence-corrected chi connectivity index (χ4v) is 1.78. The molecule has 92 valence electrons.